The number of hydrogen-bond donors (Lipinski definition) is 2. The molecule has 2 rings (SSSR count). The minimum absolute atomic E-state index is 0.575. The third-order valence-electron chi connectivity index (χ3n) is 3.18. The maximum atomic E-state index is 5.31. The summed E-state index contributed by atoms with van der Waals surface area (Å²) < 4.78 is 10.5. The number of rotatable bonds is 8. The van der Waals surface area contributed by atoms with Crippen LogP contribution in [0.1, 0.15) is 11.3 Å². The summed E-state index contributed by atoms with van der Waals surface area (Å²) in [6.45, 7) is 6.86. The molecule has 0 saturated heterocycles. The zero-order valence-electron chi connectivity index (χ0n) is 13.7. The van der Waals surface area contributed by atoms with Crippen LogP contribution in [0.2, 0.25) is 0 Å². The van der Waals surface area contributed by atoms with Crippen molar-refractivity contribution in [3.8, 4) is 11.5 Å². The van der Waals surface area contributed by atoms with E-state index in [1.54, 1.807) is 20.3 Å². The molecule has 2 aromatic rings. The third kappa shape index (κ3) is 4.60. The summed E-state index contributed by atoms with van der Waals surface area (Å²) in [4.78, 5) is 8.81. The third-order valence-corrected chi connectivity index (χ3v) is 3.18. The van der Waals surface area contributed by atoms with Crippen LogP contribution in [0.15, 0.2) is 36.9 Å². The van der Waals surface area contributed by atoms with E-state index in [2.05, 4.69) is 27.2 Å². The van der Waals surface area contributed by atoms with E-state index in [1.807, 2.05) is 31.2 Å². The highest BCUT2D eigenvalue weighted by Gasteiger charge is 2.06. The molecular weight excluding hydrogens is 292 g/mol. The molecule has 1 heterocycles. The molecule has 0 atom stereocenters. The van der Waals surface area contributed by atoms with Crippen molar-refractivity contribution in [2.75, 3.05) is 31.4 Å². The molecule has 0 aliphatic carbocycles. The molecule has 0 aliphatic rings. The van der Waals surface area contributed by atoms with E-state index >= 15 is 0 Å². The van der Waals surface area contributed by atoms with Gasteiger partial charge in [-0.3, -0.25) is 0 Å². The zero-order chi connectivity index (χ0) is 16.7. The molecule has 0 saturated carbocycles. The van der Waals surface area contributed by atoms with Crippen molar-refractivity contribution in [1.29, 1.82) is 0 Å². The summed E-state index contributed by atoms with van der Waals surface area (Å²) in [7, 11) is 3.24. The van der Waals surface area contributed by atoms with Gasteiger partial charge in [0.2, 0.25) is 5.95 Å². The Labute approximate surface area is 136 Å². The minimum Gasteiger partial charge on any atom is -0.493 e. The molecule has 2 N–H and O–H groups in total. The van der Waals surface area contributed by atoms with Crippen molar-refractivity contribution < 1.29 is 9.47 Å². The average molecular weight is 314 g/mol. The molecule has 0 fully saturated rings. The van der Waals surface area contributed by atoms with Gasteiger partial charge in [-0.15, -0.1) is 6.58 Å². The van der Waals surface area contributed by atoms with Crippen LogP contribution >= 0.6 is 0 Å². The second-order valence-electron chi connectivity index (χ2n) is 4.93. The molecule has 0 aliphatic heterocycles. The van der Waals surface area contributed by atoms with Gasteiger partial charge in [0.15, 0.2) is 11.5 Å². The minimum atomic E-state index is 0.575. The molecule has 0 amide bonds. The lowest BCUT2D eigenvalue weighted by molar-refractivity contribution is 0.354. The lowest BCUT2D eigenvalue weighted by Crippen LogP contribution is -2.08. The number of benzene rings is 1. The highest BCUT2D eigenvalue weighted by atomic mass is 16.5. The number of aromatic nitrogens is 2. The van der Waals surface area contributed by atoms with Crippen LogP contribution < -0.4 is 20.1 Å². The number of aryl methyl sites for hydroxylation is 1. The van der Waals surface area contributed by atoms with E-state index in [4.69, 9.17) is 9.47 Å². The fourth-order valence-electron chi connectivity index (χ4n) is 2.09. The Bertz CT molecular complexity index is 674. The van der Waals surface area contributed by atoms with Gasteiger partial charge in [0.25, 0.3) is 0 Å². The van der Waals surface area contributed by atoms with Crippen LogP contribution in [0.3, 0.4) is 0 Å². The SMILES string of the molecule is C=CCNc1cc(C)nc(NCc2ccc(OC)c(OC)c2)n1. The first kappa shape index (κ1) is 16.6. The summed E-state index contributed by atoms with van der Waals surface area (Å²) in [6, 6.07) is 7.68. The van der Waals surface area contributed by atoms with Crippen molar-refractivity contribution in [1.82, 2.24) is 9.97 Å². The molecule has 1 aromatic carbocycles. The number of hydrogen-bond acceptors (Lipinski definition) is 6. The molecule has 0 spiro atoms. The van der Waals surface area contributed by atoms with Gasteiger partial charge in [-0.2, -0.15) is 4.98 Å². The molecule has 0 unspecified atom stereocenters. The predicted octanol–water partition coefficient (Wildman–Crippen LogP) is 3.01. The van der Waals surface area contributed by atoms with Crippen LogP contribution in [-0.4, -0.2) is 30.7 Å². The fourth-order valence-corrected chi connectivity index (χ4v) is 2.09. The molecule has 6 nitrogen and oxygen atoms in total. The summed E-state index contributed by atoms with van der Waals surface area (Å²) in [5.41, 5.74) is 1.94. The van der Waals surface area contributed by atoms with Crippen molar-refractivity contribution in [3.63, 3.8) is 0 Å². The summed E-state index contributed by atoms with van der Waals surface area (Å²) in [5.74, 6) is 2.75. The lowest BCUT2D eigenvalue weighted by Gasteiger charge is -2.11. The quantitative estimate of drug-likeness (QED) is 0.730. The topological polar surface area (TPSA) is 68.3 Å². The maximum absolute atomic E-state index is 5.31. The van der Waals surface area contributed by atoms with Crippen molar-refractivity contribution in [2.45, 2.75) is 13.5 Å². The second kappa shape index (κ2) is 8.03. The standard InChI is InChI=1S/C17H22N4O2/c1-5-8-18-16-9-12(2)20-17(21-16)19-11-13-6-7-14(22-3)15(10-13)23-4/h5-7,9-10H,1,8,11H2,2-4H3,(H2,18,19,20,21). The Kier molecular flexibility index (Phi) is 5.80. The molecule has 0 radical (unpaired) electrons. The Morgan fingerprint density at radius 1 is 1.09 bits per heavy atom. The molecule has 0 bridgehead atoms. The van der Waals surface area contributed by atoms with Crippen LogP contribution in [0.5, 0.6) is 11.5 Å². The number of ether oxygens (including phenoxy) is 2. The van der Waals surface area contributed by atoms with E-state index in [0.717, 1.165) is 17.1 Å². The van der Waals surface area contributed by atoms with E-state index in [-0.39, 0.29) is 0 Å². The van der Waals surface area contributed by atoms with E-state index < -0.39 is 0 Å². The highest BCUT2D eigenvalue weighted by Crippen LogP contribution is 2.27. The van der Waals surface area contributed by atoms with Gasteiger partial charge < -0.3 is 20.1 Å². The van der Waals surface area contributed by atoms with E-state index in [1.165, 1.54) is 0 Å². The Morgan fingerprint density at radius 3 is 2.57 bits per heavy atom. The van der Waals surface area contributed by atoms with Gasteiger partial charge in [-0.1, -0.05) is 12.1 Å². The maximum Gasteiger partial charge on any atom is 0.225 e. The molecule has 122 valence electrons. The summed E-state index contributed by atoms with van der Waals surface area (Å²) in [5, 5.41) is 6.38. The van der Waals surface area contributed by atoms with Crippen molar-refractivity contribution in [3.05, 3.63) is 48.2 Å². The van der Waals surface area contributed by atoms with Crippen molar-refractivity contribution >= 4 is 11.8 Å². The molecule has 6 heteroatoms. The van der Waals surface area contributed by atoms with E-state index in [0.29, 0.717) is 30.5 Å². The van der Waals surface area contributed by atoms with Gasteiger partial charge in [0.05, 0.1) is 14.2 Å². The van der Waals surface area contributed by atoms with Gasteiger partial charge in [0, 0.05) is 24.8 Å². The van der Waals surface area contributed by atoms with Gasteiger partial charge >= 0.3 is 0 Å². The number of anilines is 2. The van der Waals surface area contributed by atoms with Crippen LogP contribution in [0, 0.1) is 6.92 Å². The van der Waals surface area contributed by atoms with Crippen LogP contribution in [0.25, 0.3) is 0 Å². The summed E-state index contributed by atoms with van der Waals surface area (Å²) >= 11 is 0. The van der Waals surface area contributed by atoms with Gasteiger partial charge in [0.1, 0.15) is 5.82 Å². The van der Waals surface area contributed by atoms with Gasteiger partial charge in [-0.05, 0) is 24.6 Å². The van der Waals surface area contributed by atoms with Crippen LogP contribution in [0.4, 0.5) is 11.8 Å². The normalized spacial score (nSPS) is 10.0. The van der Waals surface area contributed by atoms with Gasteiger partial charge in [-0.25, -0.2) is 4.98 Å². The first-order valence-corrected chi connectivity index (χ1v) is 7.31. The number of methoxy groups -OCH3 is 2. The highest BCUT2D eigenvalue weighted by molar-refractivity contribution is 5.45. The largest absolute Gasteiger partial charge is 0.493 e. The summed E-state index contributed by atoms with van der Waals surface area (Å²) in [6.07, 6.45) is 1.79. The van der Waals surface area contributed by atoms with Crippen molar-refractivity contribution in [2.24, 2.45) is 0 Å². The Balaban J connectivity index is 2.08. The second-order valence-corrected chi connectivity index (χ2v) is 4.93. The number of nitrogens with one attached hydrogen (secondary N) is 2. The fraction of sp³-hybridized carbons (Fsp3) is 0.294. The lowest BCUT2D eigenvalue weighted by atomic mass is 10.2. The van der Waals surface area contributed by atoms with Crippen LogP contribution in [-0.2, 0) is 6.54 Å². The Hall–Kier alpha value is -2.76. The van der Waals surface area contributed by atoms with E-state index in [9.17, 15) is 0 Å². The smallest absolute Gasteiger partial charge is 0.225 e. The predicted molar refractivity (Wildman–Crippen MR) is 92.3 cm³/mol. The Morgan fingerprint density at radius 2 is 1.87 bits per heavy atom. The average Bonchev–Trinajstić information content (AvgIpc) is 2.57. The molecule has 23 heavy (non-hydrogen) atoms. The molecular formula is C17H22N4O2. The first-order valence-electron chi connectivity index (χ1n) is 7.31. The zero-order valence-corrected chi connectivity index (χ0v) is 13.7. The monoisotopic (exact) mass is 314 g/mol. The first-order chi connectivity index (χ1) is 11.2. The number of nitrogens with zero attached hydrogens (tertiary/aromatic N) is 2. The molecule has 1 aromatic heterocycles.